The minimum Gasteiger partial charge on any atom is -0.437 e. The van der Waals surface area contributed by atoms with Gasteiger partial charge in [-0.05, 0) is 45.5 Å². The molecule has 22 heavy (non-hydrogen) atoms. The van der Waals surface area contributed by atoms with E-state index in [9.17, 15) is 5.02 Å². The topological polar surface area (TPSA) is 35.5 Å². The number of alkyl halides is 1. The summed E-state index contributed by atoms with van der Waals surface area (Å²) in [6.45, 7) is 6.57. The molecular formula is C17H26BFN2O. The second-order valence-corrected chi connectivity index (χ2v) is 7.43. The fourth-order valence-electron chi connectivity index (χ4n) is 4.76. The van der Waals surface area contributed by atoms with Crippen molar-refractivity contribution < 1.29 is 9.41 Å². The number of benzene rings is 1. The van der Waals surface area contributed by atoms with Gasteiger partial charge >= 0.3 is 7.05 Å². The van der Waals surface area contributed by atoms with Gasteiger partial charge in [-0.25, -0.2) is 4.39 Å². The Kier molecular flexibility index (Phi) is 4.08. The second kappa shape index (κ2) is 5.62. The molecule has 4 atom stereocenters. The SMILES string of the molecule is CB(O)N1[C@@]2(C)CC[C@]1(C)[C@@H](F)[C@@H](NCc1ccccc1)C2. The minimum atomic E-state index is -0.971. The molecule has 0 aromatic heterocycles. The van der Waals surface area contributed by atoms with Gasteiger partial charge < -0.3 is 15.2 Å². The molecule has 0 aliphatic carbocycles. The largest absolute Gasteiger partial charge is 0.437 e. The molecule has 120 valence electrons. The first kappa shape index (κ1) is 16.0. The van der Waals surface area contributed by atoms with Gasteiger partial charge in [0.2, 0.25) is 0 Å². The maximum atomic E-state index is 15.2. The Morgan fingerprint density at radius 2 is 2.00 bits per heavy atom. The summed E-state index contributed by atoms with van der Waals surface area (Å²) in [5.41, 5.74) is 0.477. The number of halogens is 1. The zero-order valence-corrected chi connectivity index (χ0v) is 13.7. The first-order chi connectivity index (χ1) is 10.4. The maximum Gasteiger partial charge on any atom is 0.377 e. The Balaban J connectivity index is 1.76. The van der Waals surface area contributed by atoms with Gasteiger partial charge in [0.15, 0.2) is 0 Å². The molecule has 2 bridgehead atoms. The number of hydrogen-bond acceptors (Lipinski definition) is 3. The molecule has 2 saturated heterocycles. The normalized spacial score (nSPS) is 38.2. The molecule has 2 aliphatic heterocycles. The van der Waals surface area contributed by atoms with Crippen LogP contribution in [-0.4, -0.2) is 40.2 Å². The van der Waals surface area contributed by atoms with E-state index in [1.54, 1.807) is 6.82 Å². The van der Waals surface area contributed by atoms with Gasteiger partial charge in [0.25, 0.3) is 0 Å². The van der Waals surface area contributed by atoms with E-state index in [0.717, 1.165) is 19.3 Å². The molecule has 1 aromatic rings. The van der Waals surface area contributed by atoms with Crippen LogP contribution in [0.3, 0.4) is 0 Å². The van der Waals surface area contributed by atoms with Crippen LogP contribution in [0, 0.1) is 0 Å². The number of piperidine rings is 1. The van der Waals surface area contributed by atoms with Crippen LogP contribution in [0.15, 0.2) is 30.3 Å². The van der Waals surface area contributed by atoms with Crippen LogP contribution in [0.4, 0.5) is 4.39 Å². The van der Waals surface area contributed by atoms with Crippen molar-refractivity contribution in [3.05, 3.63) is 35.9 Å². The van der Waals surface area contributed by atoms with E-state index in [2.05, 4.69) is 24.4 Å². The van der Waals surface area contributed by atoms with Crippen molar-refractivity contribution in [3.8, 4) is 0 Å². The first-order valence-electron chi connectivity index (χ1n) is 8.26. The number of fused-ring (bicyclic) bond motifs is 2. The number of rotatable bonds is 4. The Labute approximate surface area is 133 Å². The van der Waals surface area contributed by atoms with Crippen LogP contribution < -0.4 is 5.32 Å². The third-order valence-corrected chi connectivity index (χ3v) is 5.69. The standard InChI is InChI=1S/C17H26BFN2O/c1-16-9-10-17(2,21(16)18(3)22)15(19)14(11-16)20-12-13-7-5-4-6-8-13/h4-8,14-15,20,22H,9-12H2,1-3H3/t14-,15-,16-,17+/m0/s1. The van der Waals surface area contributed by atoms with E-state index in [-0.39, 0.29) is 11.6 Å². The summed E-state index contributed by atoms with van der Waals surface area (Å²) in [5, 5.41) is 13.6. The smallest absolute Gasteiger partial charge is 0.377 e. The lowest BCUT2D eigenvalue weighted by molar-refractivity contribution is -0.0160. The maximum absolute atomic E-state index is 15.2. The molecule has 0 radical (unpaired) electrons. The predicted octanol–water partition coefficient (Wildman–Crippen LogP) is 2.61. The fourth-order valence-corrected chi connectivity index (χ4v) is 4.76. The van der Waals surface area contributed by atoms with Crippen LogP contribution in [0.25, 0.3) is 0 Å². The van der Waals surface area contributed by atoms with Gasteiger partial charge in [-0.1, -0.05) is 30.3 Å². The van der Waals surface area contributed by atoms with Gasteiger partial charge in [0, 0.05) is 23.7 Å². The Morgan fingerprint density at radius 3 is 2.64 bits per heavy atom. The zero-order valence-electron chi connectivity index (χ0n) is 13.7. The summed E-state index contributed by atoms with van der Waals surface area (Å²) in [6.07, 6.45) is 1.51. The second-order valence-electron chi connectivity index (χ2n) is 7.43. The fraction of sp³-hybridized carbons (Fsp3) is 0.647. The highest BCUT2D eigenvalue weighted by atomic mass is 19.1. The van der Waals surface area contributed by atoms with Gasteiger partial charge in [0.1, 0.15) is 6.17 Å². The van der Waals surface area contributed by atoms with Crippen molar-refractivity contribution in [3.63, 3.8) is 0 Å². The minimum absolute atomic E-state index is 0.125. The first-order valence-corrected chi connectivity index (χ1v) is 8.26. The van der Waals surface area contributed by atoms with Crippen molar-refractivity contribution in [1.82, 2.24) is 10.1 Å². The van der Waals surface area contributed by atoms with Crippen LogP contribution in [0.5, 0.6) is 0 Å². The lowest BCUT2D eigenvalue weighted by atomic mass is 9.69. The molecule has 0 amide bonds. The molecule has 0 spiro atoms. The highest BCUT2D eigenvalue weighted by molar-refractivity contribution is 6.46. The lowest BCUT2D eigenvalue weighted by Crippen LogP contribution is -2.70. The Morgan fingerprint density at radius 1 is 1.32 bits per heavy atom. The number of hydrogen-bond donors (Lipinski definition) is 2. The molecule has 3 rings (SSSR count). The lowest BCUT2D eigenvalue weighted by Gasteiger charge is -2.54. The van der Waals surface area contributed by atoms with Crippen LogP contribution in [0.1, 0.15) is 38.7 Å². The summed E-state index contributed by atoms with van der Waals surface area (Å²) in [7, 11) is -0.606. The van der Waals surface area contributed by atoms with E-state index >= 15 is 4.39 Å². The van der Waals surface area contributed by atoms with E-state index < -0.39 is 18.8 Å². The average Bonchev–Trinajstić information content (AvgIpc) is 2.71. The molecule has 0 unspecified atom stereocenters. The van der Waals surface area contributed by atoms with Crippen LogP contribution in [0.2, 0.25) is 6.82 Å². The highest BCUT2D eigenvalue weighted by Gasteiger charge is 2.62. The molecule has 2 N–H and O–H groups in total. The molecule has 2 fully saturated rings. The van der Waals surface area contributed by atoms with Gasteiger partial charge in [-0.2, -0.15) is 0 Å². The van der Waals surface area contributed by atoms with Crippen LogP contribution in [-0.2, 0) is 6.54 Å². The van der Waals surface area contributed by atoms with Crippen molar-refractivity contribution in [2.45, 2.75) is 69.8 Å². The van der Waals surface area contributed by atoms with E-state index in [4.69, 9.17) is 0 Å². The molecular weight excluding hydrogens is 278 g/mol. The van der Waals surface area contributed by atoms with Crippen molar-refractivity contribution in [1.29, 1.82) is 0 Å². The highest BCUT2D eigenvalue weighted by Crippen LogP contribution is 2.51. The molecule has 5 heteroatoms. The summed E-state index contributed by atoms with van der Waals surface area (Å²) < 4.78 is 15.2. The van der Waals surface area contributed by atoms with Crippen molar-refractivity contribution in [2.75, 3.05) is 0 Å². The summed E-state index contributed by atoms with van der Waals surface area (Å²) in [5.74, 6) is 0. The van der Waals surface area contributed by atoms with Crippen LogP contribution >= 0.6 is 0 Å². The molecule has 2 aliphatic rings. The van der Waals surface area contributed by atoms with E-state index in [1.165, 1.54) is 5.56 Å². The van der Waals surface area contributed by atoms with E-state index in [1.807, 2.05) is 29.9 Å². The van der Waals surface area contributed by atoms with Crippen molar-refractivity contribution in [2.24, 2.45) is 0 Å². The summed E-state index contributed by atoms with van der Waals surface area (Å²) in [4.78, 5) is 2.01. The Bertz CT molecular complexity index is 529. The zero-order chi connectivity index (χ0) is 16.0. The van der Waals surface area contributed by atoms with Gasteiger partial charge in [-0.15, -0.1) is 0 Å². The van der Waals surface area contributed by atoms with Crippen molar-refractivity contribution >= 4 is 7.05 Å². The Hall–Kier alpha value is -0.905. The van der Waals surface area contributed by atoms with Gasteiger partial charge in [-0.3, -0.25) is 0 Å². The number of nitrogens with zero attached hydrogens (tertiary/aromatic N) is 1. The third kappa shape index (κ3) is 2.49. The monoisotopic (exact) mass is 304 g/mol. The quantitative estimate of drug-likeness (QED) is 0.839. The molecule has 3 nitrogen and oxygen atoms in total. The predicted molar refractivity (Wildman–Crippen MR) is 88.3 cm³/mol. The van der Waals surface area contributed by atoms with Gasteiger partial charge in [0.05, 0.1) is 0 Å². The average molecular weight is 304 g/mol. The molecule has 1 aromatic carbocycles. The summed E-state index contributed by atoms with van der Waals surface area (Å²) >= 11 is 0. The summed E-state index contributed by atoms with van der Waals surface area (Å²) in [6, 6.07) is 9.96. The molecule has 2 heterocycles. The third-order valence-electron chi connectivity index (χ3n) is 5.69. The number of nitrogens with one attached hydrogen (secondary N) is 1. The molecule has 0 saturated carbocycles. The van der Waals surface area contributed by atoms with E-state index in [0.29, 0.717) is 6.54 Å².